The molecule has 0 saturated carbocycles. The van der Waals surface area contributed by atoms with Crippen LogP contribution in [0.3, 0.4) is 0 Å². The third kappa shape index (κ3) is 21.3. The number of carbonyl (C=O) groups is 8. The zero-order chi connectivity index (χ0) is 85.0. The van der Waals surface area contributed by atoms with Gasteiger partial charge in [0.2, 0.25) is 11.9 Å². The summed E-state index contributed by atoms with van der Waals surface area (Å²) in [5, 5.41) is 27.0. The first-order valence-corrected chi connectivity index (χ1v) is 40.0. The molecule has 12 heterocycles. The number of amides is 8. The van der Waals surface area contributed by atoms with E-state index in [9.17, 15) is 47.1 Å². The minimum Gasteiger partial charge on any atom is -0.489 e. The molecule has 0 fully saturated rings. The maximum absolute atomic E-state index is 13.2. The lowest BCUT2D eigenvalue weighted by molar-refractivity contribution is -0.121. The molecule has 32 nitrogen and oxygen atoms in total. The molecule has 120 heavy (non-hydrogen) atoms. The molecule has 0 spiro atoms. The van der Waals surface area contributed by atoms with E-state index >= 15 is 0 Å². The summed E-state index contributed by atoms with van der Waals surface area (Å²) in [7, 11) is 6.56. The lowest BCUT2D eigenvalue weighted by atomic mass is 10.2. The fraction of sp³-hybridized carbons (Fsp3) is 0.220. The van der Waals surface area contributed by atoms with Gasteiger partial charge in [0.25, 0.3) is 23.6 Å². The highest BCUT2D eigenvalue weighted by molar-refractivity contribution is 9.11. The maximum atomic E-state index is 13.2. The Kier molecular flexibility index (Phi) is 27.0. The Morgan fingerprint density at radius 3 is 0.825 bits per heavy atom. The van der Waals surface area contributed by atoms with Gasteiger partial charge in [-0.25, -0.2) is 29.1 Å². The molecule has 4 aliphatic rings. The second-order valence-electron chi connectivity index (χ2n) is 27.6. The molecule has 0 radical (unpaired) electrons. The molecule has 12 aromatic rings. The van der Waals surface area contributed by atoms with Gasteiger partial charge in [0.1, 0.15) is 73.6 Å². The number of aromatic nitrogens is 12. The summed E-state index contributed by atoms with van der Waals surface area (Å²) in [6, 6.07) is 36.6. The number of benzene rings is 4. The quantitative estimate of drug-likeness (QED) is 0.0825. The fourth-order valence-electron chi connectivity index (χ4n) is 12.7. The molecule has 0 saturated heterocycles. The number of ether oxygens (including phenoxy) is 4. The van der Waals surface area contributed by atoms with Crippen molar-refractivity contribution < 1.29 is 66.1 Å². The first kappa shape index (κ1) is 85.0. The Labute approximate surface area is 718 Å². The largest absolute Gasteiger partial charge is 0.489 e. The van der Waals surface area contributed by atoms with Gasteiger partial charge in [0.15, 0.2) is 0 Å². The topological polar surface area (TPSA) is 357 Å². The van der Waals surface area contributed by atoms with Crippen molar-refractivity contribution in [3.8, 4) is 23.0 Å². The van der Waals surface area contributed by atoms with Crippen molar-refractivity contribution in [2.75, 3.05) is 74.2 Å². The highest BCUT2D eigenvalue weighted by Gasteiger charge is 2.36. The molecule has 38 heteroatoms. The first-order chi connectivity index (χ1) is 57.6. The minimum absolute atomic E-state index is 0.00904. The van der Waals surface area contributed by atoms with Crippen molar-refractivity contribution in [2.45, 2.75) is 63.7 Å². The van der Waals surface area contributed by atoms with Gasteiger partial charge in [-0.05, 0) is 157 Å². The second-order valence-corrected chi connectivity index (χ2v) is 31.3. The normalized spacial score (nSPS) is 15.9. The Hall–Kier alpha value is -12.9. The van der Waals surface area contributed by atoms with E-state index in [1.54, 1.807) is 126 Å². The number of nitrogens with zero attached hydrogens (tertiary/aromatic N) is 16. The third-order valence-electron chi connectivity index (χ3n) is 18.8. The molecule has 16 rings (SSSR count). The summed E-state index contributed by atoms with van der Waals surface area (Å²) in [6.07, 6.45) is 14.3. The summed E-state index contributed by atoms with van der Waals surface area (Å²) in [5.41, 5.74) is 10.2. The lowest BCUT2D eigenvalue weighted by Crippen LogP contribution is -2.50. The third-order valence-corrected chi connectivity index (χ3v) is 20.8. The fourth-order valence-corrected chi connectivity index (χ4v) is 14.1. The predicted molar refractivity (Wildman–Crippen MR) is 450 cm³/mol. The number of halogens is 6. The van der Waals surface area contributed by atoms with E-state index in [1.807, 2.05) is 74.5 Å². The smallest absolute Gasteiger partial charge is 0.342 e. The van der Waals surface area contributed by atoms with Crippen molar-refractivity contribution in [2.24, 2.45) is 0 Å². The molecular weight excluding hydrogens is 1810 g/mol. The minimum atomic E-state index is -0.883. The number of nitrogens with one attached hydrogen (secondary N) is 4. The molecular formula is C82H74Br4F2N20O12. The van der Waals surface area contributed by atoms with Crippen LogP contribution in [0.15, 0.2) is 213 Å². The van der Waals surface area contributed by atoms with E-state index in [4.69, 9.17) is 18.9 Å². The zero-order valence-corrected chi connectivity index (χ0v) is 71.1. The van der Waals surface area contributed by atoms with Crippen LogP contribution in [0.5, 0.6) is 23.0 Å². The second kappa shape index (κ2) is 38.2. The number of anilines is 4. The van der Waals surface area contributed by atoms with Crippen molar-refractivity contribution in [1.29, 1.82) is 0 Å². The van der Waals surface area contributed by atoms with Gasteiger partial charge in [-0.3, -0.25) is 29.1 Å². The van der Waals surface area contributed by atoms with E-state index < -0.39 is 60.2 Å². The van der Waals surface area contributed by atoms with E-state index in [0.717, 1.165) is 61.2 Å². The zero-order valence-electron chi connectivity index (χ0n) is 64.8. The highest BCUT2D eigenvalue weighted by Crippen LogP contribution is 2.37. The number of aryl methyl sites for hydroxylation is 2. The number of fused-ring (bicyclic) bond motifs is 4. The number of pyridine rings is 4. The van der Waals surface area contributed by atoms with Crippen molar-refractivity contribution in [3.63, 3.8) is 0 Å². The Morgan fingerprint density at radius 2 is 0.592 bits per heavy atom. The van der Waals surface area contributed by atoms with E-state index in [-0.39, 0.29) is 50.1 Å². The van der Waals surface area contributed by atoms with Crippen LogP contribution in [-0.2, 0) is 44.9 Å². The van der Waals surface area contributed by atoms with Crippen molar-refractivity contribution in [3.05, 3.63) is 281 Å². The molecule has 8 amide bonds. The summed E-state index contributed by atoms with van der Waals surface area (Å²) in [6.45, 7) is 3.91. The molecule has 4 atom stereocenters. The summed E-state index contributed by atoms with van der Waals surface area (Å²) < 4.78 is 57.3. The van der Waals surface area contributed by atoms with Crippen molar-refractivity contribution in [1.82, 2.24) is 80.3 Å². The van der Waals surface area contributed by atoms with Crippen LogP contribution in [0.2, 0.25) is 0 Å². The molecule has 4 N–H and O–H groups in total. The van der Waals surface area contributed by atoms with Gasteiger partial charge in [-0.1, -0.05) is 88.0 Å². The number of hydrogen-bond acceptors (Lipinski definition) is 20. The van der Waals surface area contributed by atoms with Crippen LogP contribution < -0.4 is 59.8 Å². The molecule has 2 unspecified atom stereocenters. The van der Waals surface area contributed by atoms with Crippen LogP contribution in [0.4, 0.5) is 50.7 Å². The Bertz CT molecular complexity index is 5170. The number of rotatable bonds is 12. The van der Waals surface area contributed by atoms with Crippen LogP contribution in [0, 0.1) is 25.7 Å². The number of hydrogen-bond donors (Lipinski definition) is 4. The molecule has 616 valence electrons. The highest BCUT2D eigenvalue weighted by atomic mass is 79.9. The van der Waals surface area contributed by atoms with E-state index in [2.05, 4.69) is 125 Å². The van der Waals surface area contributed by atoms with Crippen LogP contribution >= 0.6 is 63.7 Å². The van der Waals surface area contributed by atoms with E-state index in [1.165, 1.54) is 65.9 Å². The Balaban J connectivity index is 0.000000138. The average molecular weight is 1890 g/mol. The summed E-state index contributed by atoms with van der Waals surface area (Å²) in [4.78, 5) is 124. The molecule has 0 aliphatic carbocycles. The average Bonchev–Trinajstić information content (AvgIpc) is 1.67. The van der Waals surface area contributed by atoms with Gasteiger partial charge in [0, 0.05) is 131 Å². The van der Waals surface area contributed by atoms with Crippen LogP contribution in [0.25, 0.3) is 0 Å². The molecule has 4 aliphatic heterocycles. The Morgan fingerprint density at radius 1 is 0.358 bits per heavy atom. The first-order valence-electron chi connectivity index (χ1n) is 36.9. The van der Waals surface area contributed by atoms with Gasteiger partial charge in [0.05, 0.1) is 47.5 Å². The number of carbonyl (C=O) groups excluding carboxylic acids is 8. The lowest BCUT2D eigenvalue weighted by Gasteiger charge is -2.20. The monoisotopic (exact) mass is 1880 g/mol. The predicted octanol–water partition coefficient (Wildman–Crippen LogP) is 11.3. The molecule has 8 aromatic heterocycles. The summed E-state index contributed by atoms with van der Waals surface area (Å²) >= 11 is 13.6. The summed E-state index contributed by atoms with van der Waals surface area (Å²) in [5.74, 6) is -0.0235. The van der Waals surface area contributed by atoms with Gasteiger partial charge >= 0.3 is 24.1 Å². The standard InChI is InChI=1S/2C21H20BrN5O3.2C20H17BrFN5O3/c2*1-13-4-3-5-16(24-13)8-14-10-23-27(11-14)21(29)25-17-12-30-19-7-6-15(22)9-18(19)26(2)20(17)28;2*1-26-16-8-13(21)5-6-17(16)30-11-15(19(26)28)25-20(29)27-10-12(9-23-27)7-14-3-2-4-18(22)24-14/h2*3-7,9-11,17H,8,12H2,1-2H3,(H,25,29);2*2-6,8-10,15H,7,11H2,1H3,(H,25,29)/t17-;;15-;/m1.1./s1. The van der Waals surface area contributed by atoms with Gasteiger partial charge < -0.3 is 59.8 Å². The SMILES string of the molecule is CN1C(=O)C(NC(=O)n2cc(Cc3cccc(F)n3)cn2)COc2ccc(Br)cc21.CN1C(=O)[C@H](NC(=O)n2cc(Cc3cccc(F)n3)cn2)COc2ccc(Br)cc21.Cc1cccc(Cc2cnn(C(=O)NC3COc4ccc(Br)cc4N(C)C3=O)c2)n1.Cc1cccc(Cc2cnn(C(=O)N[C@@H]3COc4ccc(Br)cc4N(C)C3=O)c2)n1. The molecule has 0 bridgehead atoms. The van der Waals surface area contributed by atoms with Gasteiger partial charge in [-0.15, -0.1) is 0 Å². The number of likely N-dealkylation sites (N-methyl/N-ethyl adjacent to an activating group) is 4. The maximum Gasteiger partial charge on any atom is 0.342 e. The van der Waals surface area contributed by atoms with E-state index in [0.29, 0.717) is 93.9 Å². The van der Waals surface area contributed by atoms with Crippen molar-refractivity contribution >= 4 is 134 Å². The van der Waals surface area contributed by atoms with Crippen LogP contribution in [0.1, 0.15) is 56.4 Å². The van der Waals surface area contributed by atoms with Crippen LogP contribution in [-0.4, -0.2) is 186 Å². The molecule has 4 aromatic carbocycles. The van der Waals surface area contributed by atoms with Gasteiger partial charge in [-0.2, -0.15) is 47.9 Å².